The standard InChI is InChI=1S/C23H40N3O/c1-18(2)12-13-25-21(14-20-10-8-7-9-11-20)16-26(6,17-23(25)27)22(15-24-5)19(3)4/h7-11,18-19,21-22,24H,12-17H2,1-6H3/q+1. The van der Waals surface area contributed by atoms with Crippen LogP contribution < -0.4 is 5.32 Å². The van der Waals surface area contributed by atoms with E-state index in [9.17, 15) is 4.79 Å². The summed E-state index contributed by atoms with van der Waals surface area (Å²) in [6.07, 6.45) is 2.02. The molecule has 1 aliphatic heterocycles. The fraction of sp³-hybridized carbons (Fsp3) is 0.696. The van der Waals surface area contributed by atoms with Gasteiger partial charge in [0.2, 0.25) is 0 Å². The number of piperazine rings is 1. The summed E-state index contributed by atoms with van der Waals surface area (Å²) in [5.74, 6) is 1.48. The Morgan fingerprint density at radius 2 is 1.85 bits per heavy atom. The lowest BCUT2D eigenvalue weighted by molar-refractivity contribution is -0.933. The number of likely N-dealkylation sites (N-methyl/N-ethyl adjacent to an activating group) is 2. The van der Waals surface area contributed by atoms with Crippen molar-refractivity contribution in [2.45, 2.75) is 52.6 Å². The smallest absolute Gasteiger partial charge is 0.278 e. The molecule has 0 saturated carbocycles. The molecule has 4 heteroatoms. The minimum Gasteiger partial charge on any atom is -0.329 e. The highest BCUT2D eigenvalue weighted by atomic mass is 16.2. The van der Waals surface area contributed by atoms with Gasteiger partial charge in [-0.2, -0.15) is 0 Å². The fourth-order valence-electron chi connectivity index (χ4n) is 4.65. The average molecular weight is 375 g/mol. The van der Waals surface area contributed by atoms with Crippen LogP contribution in [0.15, 0.2) is 30.3 Å². The van der Waals surface area contributed by atoms with Crippen LogP contribution in [0.5, 0.6) is 0 Å². The zero-order valence-corrected chi connectivity index (χ0v) is 18.2. The highest BCUT2D eigenvalue weighted by molar-refractivity contribution is 5.78. The second-order valence-electron chi connectivity index (χ2n) is 9.30. The van der Waals surface area contributed by atoms with Gasteiger partial charge < -0.3 is 14.7 Å². The van der Waals surface area contributed by atoms with Gasteiger partial charge in [-0.25, -0.2) is 0 Å². The predicted molar refractivity (Wildman–Crippen MR) is 114 cm³/mol. The van der Waals surface area contributed by atoms with Gasteiger partial charge in [0.1, 0.15) is 12.6 Å². The third-order valence-electron chi connectivity index (χ3n) is 6.13. The first-order valence-corrected chi connectivity index (χ1v) is 10.6. The van der Waals surface area contributed by atoms with Crippen LogP contribution in [0.3, 0.4) is 0 Å². The van der Waals surface area contributed by atoms with Gasteiger partial charge in [0.25, 0.3) is 5.91 Å². The van der Waals surface area contributed by atoms with Gasteiger partial charge in [-0.3, -0.25) is 4.79 Å². The maximum absolute atomic E-state index is 13.2. The Balaban J connectivity index is 2.27. The molecule has 1 saturated heterocycles. The summed E-state index contributed by atoms with van der Waals surface area (Å²) in [6, 6.07) is 11.4. The van der Waals surface area contributed by atoms with Crippen LogP contribution in [0.25, 0.3) is 0 Å². The van der Waals surface area contributed by atoms with Crippen molar-refractivity contribution in [2.24, 2.45) is 11.8 Å². The summed E-state index contributed by atoms with van der Waals surface area (Å²) in [5.41, 5.74) is 1.33. The first-order chi connectivity index (χ1) is 12.8. The summed E-state index contributed by atoms with van der Waals surface area (Å²) in [5, 5.41) is 3.36. The van der Waals surface area contributed by atoms with E-state index in [0.717, 1.165) is 37.0 Å². The summed E-state index contributed by atoms with van der Waals surface area (Å²) in [7, 11) is 4.31. The summed E-state index contributed by atoms with van der Waals surface area (Å²) in [4.78, 5) is 15.4. The number of nitrogens with zero attached hydrogens (tertiary/aromatic N) is 2. The minimum atomic E-state index is 0.274. The maximum Gasteiger partial charge on any atom is 0.278 e. The number of benzene rings is 1. The maximum atomic E-state index is 13.2. The van der Waals surface area contributed by atoms with Crippen molar-refractivity contribution in [1.29, 1.82) is 0 Å². The molecule has 3 atom stereocenters. The van der Waals surface area contributed by atoms with Crippen molar-refractivity contribution in [2.75, 3.05) is 40.3 Å². The molecule has 1 aromatic carbocycles. The van der Waals surface area contributed by atoms with Crippen molar-refractivity contribution >= 4 is 5.91 Å². The Morgan fingerprint density at radius 3 is 2.41 bits per heavy atom. The van der Waals surface area contributed by atoms with Crippen molar-refractivity contribution in [3.63, 3.8) is 0 Å². The zero-order chi connectivity index (χ0) is 20.0. The number of nitrogens with one attached hydrogen (secondary N) is 1. The lowest BCUT2D eigenvalue weighted by Crippen LogP contribution is -2.70. The molecule has 1 N–H and O–H groups in total. The Hall–Kier alpha value is -1.39. The highest BCUT2D eigenvalue weighted by Crippen LogP contribution is 2.27. The van der Waals surface area contributed by atoms with E-state index in [2.05, 4.69) is 75.3 Å². The van der Waals surface area contributed by atoms with Crippen LogP contribution in [0.4, 0.5) is 0 Å². The third kappa shape index (κ3) is 5.79. The van der Waals surface area contributed by atoms with Crippen molar-refractivity contribution in [1.82, 2.24) is 10.2 Å². The monoisotopic (exact) mass is 374 g/mol. The van der Waals surface area contributed by atoms with Crippen LogP contribution in [0.1, 0.15) is 39.7 Å². The van der Waals surface area contributed by atoms with Gasteiger partial charge in [-0.15, -0.1) is 0 Å². The number of quaternary nitrogens is 1. The number of carbonyl (C=O) groups excluding carboxylic acids is 1. The van der Waals surface area contributed by atoms with Gasteiger partial charge in [0.05, 0.1) is 13.1 Å². The lowest BCUT2D eigenvalue weighted by atomic mass is 9.93. The fourth-order valence-corrected chi connectivity index (χ4v) is 4.65. The van der Waals surface area contributed by atoms with Crippen molar-refractivity contribution < 1.29 is 9.28 Å². The molecule has 2 rings (SSSR count). The highest BCUT2D eigenvalue weighted by Gasteiger charge is 2.45. The van der Waals surface area contributed by atoms with Gasteiger partial charge in [0, 0.05) is 19.0 Å². The Labute approximate surface area is 166 Å². The molecule has 3 unspecified atom stereocenters. The molecule has 0 spiro atoms. The number of amides is 1. The molecule has 152 valence electrons. The van der Waals surface area contributed by atoms with E-state index < -0.39 is 0 Å². The topological polar surface area (TPSA) is 32.3 Å². The summed E-state index contributed by atoms with van der Waals surface area (Å²) in [6.45, 7) is 12.5. The molecule has 0 aromatic heterocycles. The van der Waals surface area contributed by atoms with Crippen LogP contribution in [0, 0.1) is 11.8 Å². The number of hydrogen-bond donors (Lipinski definition) is 1. The molecule has 0 aliphatic carbocycles. The van der Waals surface area contributed by atoms with E-state index >= 15 is 0 Å². The second-order valence-corrected chi connectivity index (χ2v) is 9.30. The van der Waals surface area contributed by atoms with E-state index in [1.807, 2.05) is 7.05 Å². The van der Waals surface area contributed by atoms with E-state index in [1.165, 1.54) is 5.56 Å². The molecule has 0 bridgehead atoms. The first kappa shape index (κ1) is 21.9. The normalized spacial score (nSPS) is 24.7. The van der Waals surface area contributed by atoms with Crippen LogP contribution in [0.2, 0.25) is 0 Å². The van der Waals surface area contributed by atoms with Gasteiger partial charge >= 0.3 is 0 Å². The molecule has 1 fully saturated rings. The molecule has 1 aromatic rings. The molecular formula is C23H40N3O+. The first-order valence-electron chi connectivity index (χ1n) is 10.6. The predicted octanol–water partition coefficient (Wildman–Crippen LogP) is 3.18. The molecule has 1 aliphatic rings. The molecule has 1 heterocycles. The molecule has 4 nitrogen and oxygen atoms in total. The largest absolute Gasteiger partial charge is 0.329 e. The average Bonchev–Trinajstić information content (AvgIpc) is 2.59. The SMILES string of the molecule is CNCC(C(C)C)[N+]1(C)CC(=O)N(CCC(C)C)C(Cc2ccccc2)C1. The van der Waals surface area contributed by atoms with Crippen molar-refractivity contribution in [3.8, 4) is 0 Å². The minimum absolute atomic E-state index is 0.274. The summed E-state index contributed by atoms with van der Waals surface area (Å²) >= 11 is 0. The molecule has 1 amide bonds. The van der Waals surface area contributed by atoms with E-state index in [1.54, 1.807) is 0 Å². The molecule has 27 heavy (non-hydrogen) atoms. The zero-order valence-electron chi connectivity index (χ0n) is 18.2. The Bertz CT molecular complexity index is 587. The number of hydrogen-bond acceptors (Lipinski definition) is 2. The second kappa shape index (κ2) is 9.70. The van der Waals surface area contributed by atoms with Gasteiger partial charge in [0.15, 0.2) is 6.54 Å². The third-order valence-corrected chi connectivity index (χ3v) is 6.13. The quantitative estimate of drug-likeness (QED) is 0.673. The van der Waals surface area contributed by atoms with E-state index in [-0.39, 0.29) is 6.04 Å². The summed E-state index contributed by atoms with van der Waals surface area (Å²) < 4.78 is 0.840. The van der Waals surface area contributed by atoms with Crippen LogP contribution in [-0.4, -0.2) is 67.6 Å². The number of carbonyl (C=O) groups is 1. The number of rotatable bonds is 9. The van der Waals surface area contributed by atoms with Gasteiger partial charge in [-0.05, 0) is 31.4 Å². The van der Waals surface area contributed by atoms with Crippen LogP contribution in [-0.2, 0) is 11.2 Å². The van der Waals surface area contributed by atoms with E-state index in [0.29, 0.717) is 30.3 Å². The molecule has 0 radical (unpaired) electrons. The molecular weight excluding hydrogens is 334 g/mol. The van der Waals surface area contributed by atoms with E-state index in [4.69, 9.17) is 0 Å². The van der Waals surface area contributed by atoms with Crippen molar-refractivity contribution in [3.05, 3.63) is 35.9 Å². The lowest BCUT2D eigenvalue weighted by Gasteiger charge is -2.51. The Kier molecular flexibility index (Phi) is 7.87. The van der Waals surface area contributed by atoms with Crippen LogP contribution >= 0.6 is 0 Å². The van der Waals surface area contributed by atoms with Gasteiger partial charge in [-0.1, -0.05) is 58.0 Å². The Morgan fingerprint density at radius 1 is 1.19 bits per heavy atom.